The molecule has 2 rings (SSSR count). The molecule has 0 spiro atoms. The maximum atomic E-state index is 5.55. The van der Waals surface area contributed by atoms with Gasteiger partial charge in [0, 0.05) is 24.1 Å². The highest BCUT2D eigenvalue weighted by Gasteiger charge is 2.08. The summed E-state index contributed by atoms with van der Waals surface area (Å²) >= 11 is 1.35. The van der Waals surface area contributed by atoms with Gasteiger partial charge in [-0.2, -0.15) is 0 Å². The van der Waals surface area contributed by atoms with Crippen molar-refractivity contribution in [2.75, 3.05) is 0 Å². The lowest BCUT2D eigenvalue weighted by Gasteiger charge is -2.06. The van der Waals surface area contributed by atoms with Crippen LogP contribution in [0.4, 0.5) is 0 Å². The zero-order chi connectivity index (χ0) is 13.1. The summed E-state index contributed by atoms with van der Waals surface area (Å²) in [6.45, 7) is 6.38. The summed E-state index contributed by atoms with van der Waals surface area (Å²) in [6.07, 6.45) is 1.70. The second-order valence-corrected chi connectivity index (χ2v) is 4.87. The third kappa shape index (κ3) is 2.83. The number of hydrogen-bond donors (Lipinski definition) is 1. The minimum atomic E-state index is 0.406. The van der Waals surface area contributed by atoms with Gasteiger partial charge in [-0.15, -0.1) is 0 Å². The molecule has 0 unspecified atom stereocenters. The van der Waals surface area contributed by atoms with E-state index in [2.05, 4.69) is 19.9 Å². The van der Waals surface area contributed by atoms with Gasteiger partial charge in [-0.3, -0.25) is 0 Å². The van der Waals surface area contributed by atoms with Crippen LogP contribution in [-0.2, 0) is 6.54 Å². The Hall–Kier alpha value is -1.53. The molecule has 0 aromatic carbocycles. The first-order valence-electron chi connectivity index (χ1n) is 5.62. The summed E-state index contributed by atoms with van der Waals surface area (Å²) in [5, 5.41) is 1.30. The van der Waals surface area contributed by atoms with E-state index in [0.29, 0.717) is 16.9 Å². The number of nitrogens with zero attached hydrogens (tertiary/aromatic N) is 4. The molecule has 18 heavy (non-hydrogen) atoms. The highest BCUT2D eigenvalue weighted by molar-refractivity contribution is 7.99. The molecule has 0 saturated carbocycles. The monoisotopic (exact) mass is 261 g/mol. The molecular weight excluding hydrogens is 246 g/mol. The van der Waals surface area contributed by atoms with E-state index in [9.17, 15) is 0 Å². The summed E-state index contributed by atoms with van der Waals surface area (Å²) < 4.78 is 0. The molecule has 2 aromatic rings. The van der Waals surface area contributed by atoms with Crippen LogP contribution in [0.1, 0.15) is 22.6 Å². The van der Waals surface area contributed by atoms with Crippen LogP contribution < -0.4 is 5.73 Å². The summed E-state index contributed by atoms with van der Waals surface area (Å²) in [5.74, 6) is 0. The minimum Gasteiger partial charge on any atom is -0.325 e. The van der Waals surface area contributed by atoms with E-state index in [0.717, 1.165) is 22.6 Å². The Bertz CT molecular complexity index is 547. The number of aryl methyl sites for hydroxylation is 2. The van der Waals surface area contributed by atoms with Crippen molar-refractivity contribution in [3.63, 3.8) is 0 Å². The van der Waals surface area contributed by atoms with Gasteiger partial charge in [0.15, 0.2) is 10.3 Å². The van der Waals surface area contributed by atoms with Crippen molar-refractivity contribution in [2.45, 2.75) is 37.6 Å². The number of nitrogens with two attached hydrogens (primary N) is 1. The van der Waals surface area contributed by atoms with Gasteiger partial charge in [-0.1, -0.05) is 0 Å². The summed E-state index contributed by atoms with van der Waals surface area (Å²) in [5.41, 5.74) is 9.46. The van der Waals surface area contributed by atoms with Crippen molar-refractivity contribution in [1.82, 2.24) is 19.9 Å². The van der Waals surface area contributed by atoms with Crippen molar-refractivity contribution in [3.05, 3.63) is 34.9 Å². The third-order valence-electron chi connectivity index (χ3n) is 2.69. The Morgan fingerprint density at radius 2 is 1.72 bits per heavy atom. The minimum absolute atomic E-state index is 0.406. The number of hydrogen-bond acceptors (Lipinski definition) is 6. The molecule has 0 aliphatic heterocycles. The molecule has 5 nitrogen and oxygen atoms in total. The fraction of sp³-hybridized carbons (Fsp3) is 0.333. The molecule has 0 fully saturated rings. The van der Waals surface area contributed by atoms with E-state index in [1.807, 2.05) is 20.8 Å². The zero-order valence-electron chi connectivity index (χ0n) is 10.6. The Kier molecular flexibility index (Phi) is 3.88. The largest absolute Gasteiger partial charge is 0.325 e. The van der Waals surface area contributed by atoms with E-state index in [4.69, 9.17) is 5.73 Å². The van der Waals surface area contributed by atoms with Crippen LogP contribution in [0.2, 0.25) is 0 Å². The lowest BCUT2D eigenvalue weighted by molar-refractivity contribution is 0.849. The maximum Gasteiger partial charge on any atom is 0.195 e. The number of aromatic nitrogens is 4. The fourth-order valence-electron chi connectivity index (χ4n) is 1.41. The van der Waals surface area contributed by atoms with Gasteiger partial charge in [-0.05, 0) is 44.2 Å². The van der Waals surface area contributed by atoms with Crippen LogP contribution in [0.3, 0.4) is 0 Å². The van der Waals surface area contributed by atoms with Gasteiger partial charge in [0.25, 0.3) is 0 Å². The van der Waals surface area contributed by atoms with Gasteiger partial charge in [0.1, 0.15) is 0 Å². The van der Waals surface area contributed by atoms with Crippen molar-refractivity contribution >= 4 is 11.8 Å². The van der Waals surface area contributed by atoms with Crippen molar-refractivity contribution < 1.29 is 0 Å². The first kappa shape index (κ1) is 12.9. The van der Waals surface area contributed by atoms with Gasteiger partial charge in [-0.25, -0.2) is 19.9 Å². The molecule has 0 aliphatic carbocycles. The average Bonchev–Trinajstić information content (AvgIpc) is 2.36. The highest BCUT2D eigenvalue weighted by Crippen LogP contribution is 2.22. The van der Waals surface area contributed by atoms with Gasteiger partial charge in [0.05, 0.1) is 5.69 Å². The smallest absolute Gasteiger partial charge is 0.195 e. The molecule has 2 N–H and O–H groups in total. The van der Waals surface area contributed by atoms with E-state index in [-0.39, 0.29) is 0 Å². The quantitative estimate of drug-likeness (QED) is 0.849. The van der Waals surface area contributed by atoms with E-state index >= 15 is 0 Å². The molecule has 0 radical (unpaired) electrons. The van der Waals surface area contributed by atoms with Crippen molar-refractivity contribution in [2.24, 2.45) is 5.73 Å². The first-order valence-corrected chi connectivity index (χ1v) is 6.43. The summed E-state index contributed by atoms with van der Waals surface area (Å²) in [4.78, 5) is 17.3. The van der Waals surface area contributed by atoms with Crippen molar-refractivity contribution in [3.8, 4) is 0 Å². The predicted molar refractivity (Wildman–Crippen MR) is 70.3 cm³/mol. The third-order valence-corrected chi connectivity index (χ3v) is 3.44. The molecule has 94 valence electrons. The van der Waals surface area contributed by atoms with Gasteiger partial charge >= 0.3 is 0 Å². The first-order chi connectivity index (χ1) is 8.60. The predicted octanol–water partition coefficient (Wildman–Crippen LogP) is 1.80. The molecule has 2 aromatic heterocycles. The topological polar surface area (TPSA) is 77.6 Å². The molecular formula is C12H15N5S. The second-order valence-electron chi connectivity index (χ2n) is 3.94. The molecule has 2 heterocycles. The van der Waals surface area contributed by atoms with Crippen LogP contribution in [-0.4, -0.2) is 19.9 Å². The molecule has 0 aliphatic rings. The van der Waals surface area contributed by atoms with Crippen LogP contribution in [0.15, 0.2) is 22.6 Å². The fourth-order valence-corrected chi connectivity index (χ4v) is 2.21. The zero-order valence-corrected chi connectivity index (χ0v) is 11.5. The Labute approximate surface area is 110 Å². The summed E-state index contributed by atoms with van der Waals surface area (Å²) in [6, 6.07) is 1.80. The normalized spacial score (nSPS) is 10.7. The Morgan fingerprint density at radius 1 is 1.06 bits per heavy atom. The molecule has 0 bridgehead atoms. The highest BCUT2D eigenvalue weighted by atomic mass is 32.2. The average molecular weight is 261 g/mol. The molecule has 0 atom stereocenters. The van der Waals surface area contributed by atoms with Crippen LogP contribution in [0.5, 0.6) is 0 Å². The maximum absolute atomic E-state index is 5.55. The standard InChI is InChI=1S/C12H15N5S/c1-7-8(2)15-12(16-9(7)3)18-11-14-5-4-10(6-13)17-11/h4-5H,6,13H2,1-3H3. The lowest BCUT2D eigenvalue weighted by atomic mass is 10.2. The van der Waals surface area contributed by atoms with Crippen LogP contribution in [0, 0.1) is 20.8 Å². The number of rotatable bonds is 3. The SMILES string of the molecule is Cc1nc(Sc2nccc(CN)n2)nc(C)c1C. The molecule has 0 saturated heterocycles. The van der Waals surface area contributed by atoms with E-state index in [1.54, 1.807) is 12.3 Å². The van der Waals surface area contributed by atoms with Gasteiger partial charge < -0.3 is 5.73 Å². The van der Waals surface area contributed by atoms with Crippen LogP contribution >= 0.6 is 11.8 Å². The molecule has 0 amide bonds. The van der Waals surface area contributed by atoms with Crippen LogP contribution in [0.25, 0.3) is 0 Å². The Morgan fingerprint density at radius 3 is 2.33 bits per heavy atom. The summed E-state index contributed by atoms with van der Waals surface area (Å²) in [7, 11) is 0. The second kappa shape index (κ2) is 5.41. The van der Waals surface area contributed by atoms with E-state index in [1.165, 1.54) is 11.8 Å². The van der Waals surface area contributed by atoms with Gasteiger partial charge in [0.2, 0.25) is 0 Å². The van der Waals surface area contributed by atoms with Crippen molar-refractivity contribution in [1.29, 1.82) is 0 Å². The van der Waals surface area contributed by atoms with E-state index < -0.39 is 0 Å². The Balaban J connectivity index is 2.28. The lowest BCUT2D eigenvalue weighted by Crippen LogP contribution is -2.02. The molecule has 6 heteroatoms.